The molecule has 6 heteroatoms. The summed E-state index contributed by atoms with van der Waals surface area (Å²) in [4.78, 5) is 16.2. The molecule has 0 bridgehead atoms. The Morgan fingerprint density at radius 1 is 1.52 bits per heavy atom. The number of ether oxygens (including phenoxy) is 1. The van der Waals surface area contributed by atoms with Crippen molar-refractivity contribution in [1.82, 2.24) is 9.80 Å². The molecule has 5 nitrogen and oxygen atoms in total. The number of hydrogen-bond acceptors (Lipinski definition) is 3. The first-order valence-electron chi connectivity index (χ1n) is 7.04. The molecular formula is C15H22ClN3O2. The van der Waals surface area contributed by atoms with E-state index >= 15 is 0 Å². The van der Waals surface area contributed by atoms with Crippen LogP contribution in [0.1, 0.15) is 5.56 Å². The molecule has 1 saturated heterocycles. The number of halogens is 1. The van der Waals surface area contributed by atoms with Gasteiger partial charge < -0.3 is 19.9 Å². The topological polar surface area (TPSA) is 44.8 Å². The van der Waals surface area contributed by atoms with Crippen molar-refractivity contribution >= 4 is 23.3 Å². The van der Waals surface area contributed by atoms with Gasteiger partial charge in [-0.15, -0.1) is 0 Å². The Bertz CT molecular complexity index is 508. The van der Waals surface area contributed by atoms with Crippen LogP contribution in [0.2, 0.25) is 5.02 Å². The summed E-state index contributed by atoms with van der Waals surface area (Å²) in [7, 11) is 4.00. The van der Waals surface area contributed by atoms with Crippen LogP contribution >= 0.6 is 11.6 Å². The van der Waals surface area contributed by atoms with Gasteiger partial charge in [-0.2, -0.15) is 0 Å². The number of hydrogen-bond donors (Lipinski definition) is 1. The van der Waals surface area contributed by atoms with Crippen LogP contribution in [0.25, 0.3) is 0 Å². The normalized spacial score (nSPS) is 18.9. The Hall–Kier alpha value is -1.30. The third kappa shape index (κ3) is 4.59. The molecule has 116 valence electrons. The van der Waals surface area contributed by atoms with Gasteiger partial charge in [0.25, 0.3) is 0 Å². The number of anilines is 1. The van der Waals surface area contributed by atoms with Gasteiger partial charge in [0.15, 0.2) is 0 Å². The van der Waals surface area contributed by atoms with Crippen molar-refractivity contribution in [3.05, 3.63) is 28.8 Å². The van der Waals surface area contributed by atoms with E-state index in [4.69, 9.17) is 16.3 Å². The highest BCUT2D eigenvalue weighted by atomic mass is 35.5. The number of benzene rings is 1. The molecule has 0 spiro atoms. The first kappa shape index (κ1) is 16.1. The molecule has 2 amide bonds. The zero-order chi connectivity index (χ0) is 15.4. The molecule has 1 aliphatic heterocycles. The smallest absolute Gasteiger partial charge is 0.322 e. The molecule has 21 heavy (non-hydrogen) atoms. The van der Waals surface area contributed by atoms with Crippen LogP contribution < -0.4 is 5.32 Å². The van der Waals surface area contributed by atoms with Crippen LogP contribution in [0.15, 0.2) is 18.2 Å². The van der Waals surface area contributed by atoms with E-state index in [2.05, 4.69) is 10.2 Å². The third-order valence-corrected chi connectivity index (χ3v) is 3.66. The van der Waals surface area contributed by atoms with E-state index in [1.54, 1.807) is 11.0 Å². The van der Waals surface area contributed by atoms with Crippen LogP contribution in [0.4, 0.5) is 10.5 Å². The lowest BCUT2D eigenvalue weighted by molar-refractivity contribution is -0.0228. The average molecular weight is 312 g/mol. The van der Waals surface area contributed by atoms with Crippen molar-refractivity contribution < 1.29 is 9.53 Å². The fourth-order valence-electron chi connectivity index (χ4n) is 2.38. The summed E-state index contributed by atoms with van der Waals surface area (Å²) in [6.07, 6.45) is 0.0609. The molecule has 0 radical (unpaired) electrons. The van der Waals surface area contributed by atoms with Gasteiger partial charge in [-0.1, -0.05) is 11.6 Å². The van der Waals surface area contributed by atoms with Gasteiger partial charge in [0, 0.05) is 30.3 Å². The second-order valence-corrected chi connectivity index (χ2v) is 6.03. The number of likely N-dealkylation sites (N-methyl/N-ethyl adjacent to an activating group) is 1. The molecule has 2 rings (SSSR count). The number of carbonyl (C=O) groups is 1. The van der Waals surface area contributed by atoms with Gasteiger partial charge >= 0.3 is 6.03 Å². The summed E-state index contributed by atoms with van der Waals surface area (Å²) in [5.74, 6) is 0. The Labute approximate surface area is 130 Å². The predicted molar refractivity (Wildman–Crippen MR) is 85.1 cm³/mol. The Morgan fingerprint density at radius 3 is 2.95 bits per heavy atom. The quantitative estimate of drug-likeness (QED) is 0.932. The molecule has 0 unspecified atom stereocenters. The lowest BCUT2D eigenvalue weighted by Crippen LogP contribution is -2.50. The maximum atomic E-state index is 12.3. The summed E-state index contributed by atoms with van der Waals surface area (Å²) in [6, 6.07) is 5.35. The molecule has 0 aliphatic carbocycles. The second kappa shape index (κ2) is 7.11. The van der Waals surface area contributed by atoms with Gasteiger partial charge in [0.05, 0.1) is 12.7 Å². The van der Waals surface area contributed by atoms with Crippen molar-refractivity contribution in [2.75, 3.05) is 45.7 Å². The van der Waals surface area contributed by atoms with Crippen molar-refractivity contribution in [3.63, 3.8) is 0 Å². The van der Waals surface area contributed by atoms with E-state index in [1.165, 1.54) is 0 Å². The molecule has 1 aromatic rings. The summed E-state index contributed by atoms with van der Waals surface area (Å²) in [5, 5.41) is 3.61. The largest absolute Gasteiger partial charge is 0.373 e. The monoisotopic (exact) mass is 311 g/mol. The van der Waals surface area contributed by atoms with E-state index in [0.29, 0.717) is 24.7 Å². The Balaban J connectivity index is 1.96. The maximum Gasteiger partial charge on any atom is 0.322 e. The van der Waals surface area contributed by atoms with Crippen LogP contribution in [-0.4, -0.2) is 62.3 Å². The molecule has 1 atom stereocenters. The van der Waals surface area contributed by atoms with E-state index in [-0.39, 0.29) is 12.1 Å². The van der Waals surface area contributed by atoms with E-state index in [9.17, 15) is 4.79 Å². The SMILES string of the molecule is Cc1cc(Cl)ccc1NC(=O)N1CCO[C@H](CN(C)C)C1. The van der Waals surface area contributed by atoms with Gasteiger partial charge in [-0.3, -0.25) is 0 Å². The minimum Gasteiger partial charge on any atom is -0.373 e. The van der Waals surface area contributed by atoms with E-state index < -0.39 is 0 Å². The second-order valence-electron chi connectivity index (χ2n) is 5.59. The standard InChI is InChI=1S/C15H22ClN3O2/c1-11-8-12(16)4-5-14(11)17-15(20)19-6-7-21-13(10-19)9-18(2)3/h4-5,8,13H,6-7,9-10H2,1-3H3,(H,17,20)/t13-/m1/s1. The fraction of sp³-hybridized carbons (Fsp3) is 0.533. The molecule has 0 saturated carbocycles. The van der Waals surface area contributed by atoms with Crippen LogP contribution in [0.3, 0.4) is 0 Å². The van der Waals surface area contributed by atoms with Crippen molar-refractivity contribution in [2.45, 2.75) is 13.0 Å². The Morgan fingerprint density at radius 2 is 2.29 bits per heavy atom. The number of amides is 2. The summed E-state index contributed by atoms with van der Waals surface area (Å²) >= 11 is 5.93. The highest BCUT2D eigenvalue weighted by Gasteiger charge is 2.24. The number of nitrogens with zero attached hydrogens (tertiary/aromatic N) is 2. The number of nitrogens with one attached hydrogen (secondary N) is 1. The maximum absolute atomic E-state index is 12.3. The van der Waals surface area contributed by atoms with Crippen LogP contribution in [0, 0.1) is 6.92 Å². The zero-order valence-electron chi connectivity index (χ0n) is 12.7. The number of urea groups is 1. The lowest BCUT2D eigenvalue weighted by atomic mass is 10.2. The van der Waals surface area contributed by atoms with Crippen molar-refractivity contribution in [1.29, 1.82) is 0 Å². The van der Waals surface area contributed by atoms with Crippen LogP contribution in [0.5, 0.6) is 0 Å². The molecule has 0 aromatic heterocycles. The summed E-state index contributed by atoms with van der Waals surface area (Å²) in [5.41, 5.74) is 1.74. The number of morpholine rings is 1. The molecule has 1 heterocycles. The fourth-order valence-corrected chi connectivity index (χ4v) is 2.61. The van der Waals surface area contributed by atoms with Crippen molar-refractivity contribution in [2.24, 2.45) is 0 Å². The van der Waals surface area contributed by atoms with E-state index in [0.717, 1.165) is 17.8 Å². The minimum absolute atomic E-state index is 0.0609. The molecule has 1 N–H and O–H groups in total. The van der Waals surface area contributed by atoms with Gasteiger partial charge in [-0.25, -0.2) is 4.79 Å². The summed E-state index contributed by atoms with van der Waals surface area (Å²) < 4.78 is 5.68. The molecular weight excluding hydrogens is 290 g/mol. The van der Waals surface area contributed by atoms with Crippen LogP contribution in [-0.2, 0) is 4.74 Å². The molecule has 1 aromatic carbocycles. The van der Waals surface area contributed by atoms with Gasteiger partial charge in [0.1, 0.15) is 0 Å². The first-order valence-corrected chi connectivity index (χ1v) is 7.42. The van der Waals surface area contributed by atoms with Gasteiger partial charge in [0.2, 0.25) is 0 Å². The van der Waals surface area contributed by atoms with E-state index in [1.807, 2.05) is 33.2 Å². The Kier molecular flexibility index (Phi) is 5.45. The average Bonchev–Trinajstić information content (AvgIpc) is 2.41. The highest BCUT2D eigenvalue weighted by molar-refractivity contribution is 6.30. The predicted octanol–water partition coefficient (Wildman–Crippen LogP) is 2.44. The zero-order valence-corrected chi connectivity index (χ0v) is 13.5. The minimum atomic E-state index is -0.0903. The first-order chi connectivity index (χ1) is 9.95. The van der Waals surface area contributed by atoms with Crippen molar-refractivity contribution in [3.8, 4) is 0 Å². The number of aryl methyl sites for hydroxylation is 1. The third-order valence-electron chi connectivity index (χ3n) is 3.42. The molecule has 1 fully saturated rings. The number of rotatable bonds is 3. The van der Waals surface area contributed by atoms with Gasteiger partial charge in [-0.05, 0) is 44.8 Å². The summed E-state index contributed by atoms with van der Waals surface area (Å²) in [6.45, 7) is 4.53. The molecule has 1 aliphatic rings. The number of carbonyl (C=O) groups excluding carboxylic acids is 1. The highest BCUT2D eigenvalue weighted by Crippen LogP contribution is 2.20. The lowest BCUT2D eigenvalue weighted by Gasteiger charge is -2.34.